The van der Waals surface area contributed by atoms with E-state index in [2.05, 4.69) is 66.5 Å². The number of aromatic hydroxyl groups is 3. The standard InChI is InChI=1S/C15H22Cl2N2OS.C11H14Cl2N2OS.C10H13ClN2OS/c1-14(2,3)8-15(4,5)19-13(21)18-11-7-9(16)6-10(17)12(11)20;1-11(2,3)15-10(17)14-8-5-6(12)4-7(13)9(8)16;1-6(2)12-10(15)13-8-5-7(11)3-4-9(8)14/h6-7,20H,8H2,1-5H3,(H2,18,19,21);4-5,16H,1-3H3,(H2,14,15,17);3-6,14H,1-2H3,(H2,12,13,15). The SMILES string of the molecule is CC(C)(C)CC(C)(C)NC(=S)Nc1cc(Cl)cc(Cl)c1O.CC(C)(C)NC(=S)Nc1cc(Cl)cc(Cl)c1O.CC(C)NC(=S)Nc1cc(Cl)ccc1O. The highest BCUT2D eigenvalue weighted by Gasteiger charge is 2.26. The van der Waals surface area contributed by atoms with Crippen LogP contribution >= 0.6 is 94.7 Å². The molecule has 0 bridgehead atoms. The lowest BCUT2D eigenvalue weighted by molar-refractivity contribution is 0.268. The normalized spacial score (nSPS) is 11.2. The molecule has 0 heterocycles. The molecule has 9 N–H and O–H groups in total. The number of nitrogens with one attached hydrogen (secondary N) is 6. The molecule has 0 aromatic heterocycles. The third kappa shape index (κ3) is 20.2. The van der Waals surface area contributed by atoms with Gasteiger partial charge in [-0.05, 0) is 139 Å². The van der Waals surface area contributed by atoms with Crippen molar-refractivity contribution in [3.8, 4) is 17.2 Å². The van der Waals surface area contributed by atoms with Crippen molar-refractivity contribution in [2.75, 3.05) is 16.0 Å². The number of phenolic OH excluding ortho intramolecular Hbond substituents is 3. The van der Waals surface area contributed by atoms with Crippen LogP contribution in [0.2, 0.25) is 25.1 Å². The zero-order valence-electron chi connectivity index (χ0n) is 31.3. The van der Waals surface area contributed by atoms with E-state index in [9.17, 15) is 15.3 Å². The number of phenols is 3. The molecule has 0 saturated heterocycles. The Morgan fingerprint density at radius 1 is 0.604 bits per heavy atom. The minimum absolute atomic E-state index is 0.0705. The molecule has 53 heavy (non-hydrogen) atoms. The topological polar surface area (TPSA) is 133 Å². The van der Waals surface area contributed by atoms with Gasteiger partial charge in [0.1, 0.15) is 5.75 Å². The number of thiocarbonyl (C=S) groups is 3. The van der Waals surface area contributed by atoms with Gasteiger partial charge in [0.15, 0.2) is 26.8 Å². The van der Waals surface area contributed by atoms with E-state index in [-0.39, 0.29) is 49.8 Å². The average molecular weight is 887 g/mol. The molecule has 3 aromatic rings. The molecule has 0 amide bonds. The lowest BCUT2D eigenvalue weighted by Gasteiger charge is -2.34. The number of benzene rings is 3. The van der Waals surface area contributed by atoms with Gasteiger partial charge < -0.3 is 47.2 Å². The molecule has 0 saturated carbocycles. The quantitative estimate of drug-likeness (QED) is 0.0862. The van der Waals surface area contributed by atoms with E-state index in [4.69, 9.17) is 94.7 Å². The van der Waals surface area contributed by atoms with E-state index in [1.54, 1.807) is 24.3 Å². The summed E-state index contributed by atoms with van der Waals surface area (Å²) in [7, 11) is 0. The molecule has 0 spiro atoms. The Labute approximate surface area is 354 Å². The summed E-state index contributed by atoms with van der Waals surface area (Å²) < 4.78 is 0. The Balaban J connectivity index is 0.000000404. The molecular weight excluding hydrogens is 838 g/mol. The van der Waals surface area contributed by atoms with Crippen LogP contribution in [0.15, 0.2) is 42.5 Å². The molecular formula is C36H49Cl5N6O3S3. The van der Waals surface area contributed by atoms with Crippen LogP contribution in [-0.2, 0) is 0 Å². The number of anilines is 3. The lowest BCUT2D eigenvalue weighted by Crippen LogP contribution is -2.47. The van der Waals surface area contributed by atoms with Gasteiger partial charge in [0.05, 0.1) is 27.1 Å². The molecule has 0 unspecified atom stereocenters. The molecule has 3 rings (SSSR count). The van der Waals surface area contributed by atoms with Crippen LogP contribution in [0.25, 0.3) is 0 Å². The van der Waals surface area contributed by atoms with Gasteiger partial charge >= 0.3 is 0 Å². The second kappa shape index (κ2) is 21.0. The highest BCUT2D eigenvalue weighted by molar-refractivity contribution is 7.80. The first-order chi connectivity index (χ1) is 24.1. The minimum Gasteiger partial charge on any atom is -0.506 e. The van der Waals surface area contributed by atoms with Crippen molar-refractivity contribution in [3.05, 3.63) is 67.6 Å². The van der Waals surface area contributed by atoms with E-state index in [1.807, 2.05) is 34.6 Å². The Morgan fingerprint density at radius 3 is 1.43 bits per heavy atom. The maximum absolute atomic E-state index is 9.92. The van der Waals surface area contributed by atoms with Gasteiger partial charge in [-0.25, -0.2) is 0 Å². The van der Waals surface area contributed by atoms with Gasteiger partial charge in [-0.1, -0.05) is 78.8 Å². The third-order valence-electron chi connectivity index (χ3n) is 6.09. The highest BCUT2D eigenvalue weighted by Crippen LogP contribution is 2.36. The molecule has 3 aromatic carbocycles. The number of halogens is 5. The van der Waals surface area contributed by atoms with Gasteiger partial charge in [0, 0.05) is 32.2 Å². The van der Waals surface area contributed by atoms with E-state index >= 15 is 0 Å². The predicted octanol–water partition coefficient (Wildman–Crippen LogP) is 11.7. The molecule has 0 aliphatic carbocycles. The Morgan fingerprint density at radius 2 is 1.02 bits per heavy atom. The molecule has 0 fully saturated rings. The van der Waals surface area contributed by atoms with E-state index in [0.29, 0.717) is 47.5 Å². The van der Waals surface area contributed by atoms with Crippen molar-refractivity contribution in [1.82, 2.24) is 16.0 Å². The van der Waals surface area contributed by atoms with E-state index < -0.39 is 0 Å². The number of hydrogen-bond donors (Lipinski definition) is 9. The van der Waals surface area contributed by atoms with Crippen LogP contribution in [0.4, 0.5) is 17.1 Å². The lowest BCUT2D eigenvalue weighted by atomic mass is 9.82. The van der Waals surface area contributed by atoms with Gasteiger partial charge in [-0.2, -0.15) is 0 Å². The first-order valence-electron chi connectivity index (χ1n) is 16.2. The molecule has 0 atom stereocenters. The smallest absolute Gasteiger partial charge is 0.171 e. The summed E-state index contributed by atoms with van der Waals surface area (Å²) in [6, 6.07) is 11.1. The van der Waals surface area contributed by atoms with Crippen LogP contribution in [0, 0.1) is 5.41 Å². The molecule has 294 valence electrons. The monoisotopic (exact) mass is 884 g/mol. The molecule has 9 nitrogen and oxygen atoms in total. The molecule has 0 aliphatic heterocycles. The Kier molecular flexibility index (Phi) is 19.3. The van der Waals surface area contributed by atoms with Crippen molar-refractivity contribution in [1.29, 1.82) is 0 Å². The summed E-state index contributed by atoms with van der Waals surface area (Å²) in [6.45, 7) is 20.6. The maximum atomic E-state index is 9.92. The fraction of sp³-hybridized carbons (Fsp3) is 0.417. The van der Waals surface area contributed by atoms with Crippen LogP contribution in [0.5, 0.6) is 17.2 Å². The largest absolute Gasteiger partial charge is 0.506 e. The van der Waals surface area contributed by atoms with Crippen molar-refractivity contribution < 1.29 is 15.3 Å². The molecule has 0 radical (unpaired) electrons. The second-order valence-electron chi connectivity index (χ2n) is 15.0. The maximum Gasteiger partial charge on any atom is 0.171 e. The summed E-state index contributed by atoms with van der Waals surface area (Å²) in [4.78, 5) is 0. The highest BCUT2D eigenvalue weighted by atomic mass is 35.5. The first-order valence-corrected chi connectivity index (χ1v) is 19.3. The minimum atomic E-state index is -0.180. The third-order valence-corrected chi connectivity index (χ3v) is 7.97. The molecule has 0 aliphatic rings. The van der Waals surface area contributed by atoms with Gasteiger partial charge in [-0.15, -0.1) is 0 Å². The van der Waals surface area contributed by atoms with Crippen LogP contribution in [0.3, 0.4) is 0 Å². The van der Waals surface area contributed by atoms with Gasteiger partial charge in [0.2, 0.25) is 0 Å². The summed E-state index contributed by atoms with van der Waals surface area (Å²) in [5.74, 6) is -0.0275. The number of rotatable bonds is 6. The van der Waals surface area contributed by atoms with Gasteiger partial charge in [-0.3, -0.25) is 0 Å². The second-order valence-corrected chi connectivity index (χ2v) is 18.4. The van der Waals surface area contributed by atoms with Crippen molar-refractivity contribution in [2.45, 2.75) is 92.8 Å². The van der Waals surface area contributed by atoms with Crippen LogP contribution < -0.4 is 31.9 Å². The van der Waals surface area contributed by atoms with Gasteiger partial charge in [0.25, 0.3) is 0 Å². The fourth-order valence-corrected chi connectivity index (χ4v) is 6.98. The Hall–Kier alpha value is -2.42. The average Bonchev–Trinajstić information content (AvgIpc) is 2.93. The van der Waals surface area contributed by atoms with E-state index in [0.717, 1.165) is 6.42 Å². The zero-order valence-corrected chi connectivity index (χ0v) is 37.5. The van der Waals surface area contributed by atoms with E-state index in [1.165, 1.54) is 18.2 Å². The van der Waals surface area contributed by atoms with Crippen molar-refractivity contribution in [2.24, 2.45) is 5.41 Å². The summed E-state index contributed by atoms with van der Waals surface area (Å²) in [6.07, 6.45) is 0.935. The van der Waals surface area contributed by atoms with Crippen LogP contribution in [-0.4, -0.2) is 47.8 Å². The number of hydrogen-bond acceptors (Lipinski definition) is 6. The fourth-order valence-electron chi connectivity index (χ4n) is 4.68. The zero-order chi connectivity index (χ0) is 41.1. The summed E-state index contributed by atoms with van der Waals surface area (Å²) >= 11 is 44.7. The summed E-state index contributed by atoms with van der Waals surface area (Å²) in [5.41, 5.74) is 1.09. The first kappa shape index (κ1) is 48.6. The van der Waals surface area contributed by atoms with Crippen molar-refractivity contribution in [3.63, 3.8) is 0 Å². The summed E-state index contributed by atoms with van der Waals surface area (Å²) in [5, 5.41) is 50.1. The molecule has 17 heteroatoms. The predicted molar refractivity (Wildman–Crippen MR) is 240 cm³/mol. The van der Waals surface area contributed by atoms with Crippen molar-refractivity contribution >= 4 is 127 Å². The van der Waals surface area contributed by atoms with Crippen LogP contribution in [0.1, 0.15) is 75.7 Å². The Bertz CT molecular complexity index is 1750.